The molecule has 3 aromatic rings. The molecule has 0 aliphatic heterocycles. The molecule has 3 rings (SSSR count). The number of fused-ring (bicyclic) bond motifs is 1. The molecule has 0 unspecified atom stereocenters. The summed E-state index contributed by atoms with van der Waals surface area (Å²) in [6.45, 7) is 2.54. The van der Waals surface area contributed by atoms with Gasteiger partial charge in [-0.05, 0) is 62.3 Å². The van der Waals surface area contributed by atoms with Gasteiger partial charge in [0.2, 0.25) is 5.91 Å². The summed E-state index contributed by atoms with van der Waals surface area (Å²) in [5.74, 6) is -0.855. The van der Waals surface area contributed by atoms with Crippen molar-refractivity contribution in [2.45, 2.75) is 25.7 Å². The second-order valence-electron chi connectivity index (χ2n) is 8.29. The highest BCUT2D eigenvalue weighted by Gasteiger charge is 2.18. The fraction of sp³-hybridized carbons (Fsp3) is 0.280. The number of carbonyl (C=O) groups is 2. The molecule has 35 heavy (non-hydrogen) atoms. The van der Waals surface area contributed by atoms with Crippen molar-refractivity contribution in [2.24, 2.45) is 0 Å². The van der Waals surface area contributed by atoms with Gasteiger partial charge in [0.05, 0.1) is 10.5 Å². The van der Waals surface area contributed by atoms with E-state index in [1.165, 1.54) is 24.3 Å². The van der Waals surface area contributed by atoms with E-state index in [2.05, 4.69) is 20.6 Å². The van der Waals surface area contributed by atoms with Gasteiger partial charge in [-0.15, -0.1) is 0 Å². The second kappa shape index (κ2) is 11.7. The van der Waals surface area contributed by atoms with E-state index >= 15 is 0 Å². The monoisotopic (exact) mass is 499 g/mol. The average Bonchev–Trinajstić information content (AvgIpc) is 2.79. The average molecular weight is 500 g/mol. The number of nitrogens with one attached hydrogen (secondary N) is 3. The lowest BCUT2D eigenvalue weighted by molar-refractivity contribution is -0.112. The van der Waals surface area contributed by atoms with Crippen LogP contribution in [-0.4, -0.2) is 47.7 Å². The van der Waals surface area contributed by atoms with Crippen molar-refractivity contribution in [3.63, 3.8) is 0 Å². The molecule has 1 aromatic heterocycles. The number of likely N-dealkylation sites (N-methyl/N-ethyl adjacent to an activating group) is 1. The molecule has 0 saturated carbocycles. The Morgan fingerprint density at radius 2 is 2.06 bits per heavy atom. The van der Waals surface area contributed by atoms with Gasteiger partial charge in [0, 0.05) is 35.8 Å². The highest BCUT2D eigenvalue weighted by Crippen LogP contribution is 2.35. The number of benzene rings is 2. The molecule has 0 fully saturated rings. The molecule has 0 saturated heterocycles. The fourth-order valence-electron chi connectivity index (χ4n) is 3.65. The Bertz CT molecular complexity index is 1320. The van der Waals surface area contributed by atoms with Gasteiger partial charge < -0.3 is 25.3 Å². The van der Waals surface area contributed by atoms with Crippen molar-refractivity contribution in [1.82, 2.24) is 14.9 Å². The molecule has 0 aliphatic rings. The standard InChI is InChI=1S/C25H27ClFN5O3/c1-4-15(9-11-33)17-13-22-18(14-21(17)29-23(34)6-5-10-32(2)3)24(31-25(35)30-22)28-16-7-8-20(27)19(26)12-16/h5-8,11-15H,4,9-10H2,1-3H3,(H,29,34)(H2,28,30,31,35)/b6-5+/t15-/m0/s1. The van der Waals surface area contributed by atoms with Crippen molar-refractivity contribution in [3.8, 4) is 0 Å². The number of aromatic nitrogens is 2. The molecule has 0 spiro atoms. The summed E-state index contributed by atoms with van der Waals surface area (Å²) in [7, 11) is 3.79. The number of amides is 1. The Balaban J connectivity index is 2.11. The summed E-state index contributed by atoms with van der Waals surface area (Å²) in [4.78, 5) is 44.9. The van der Waals surface area contributed by atoms with Crippen LogP contribution in [0.3, 0.4) is 0 Å². The molecule has 1 heterocycles. The maximum absolute atomic E-state index is 13.6. The number of hydrogen-bond donors (Lipinski definition) is 3. The summed E-state index contributed by atoms with van der Waals surface area (Å²) in [5.41, 5.74) is 1.54. The predicted molar refractivity (Wildman–Crippen MR) is 137 cm³/mol. The zero-order valence-corrected chi connectivity index (χ0v) is 20.4. The molecule has 10 heteroatoms. The van der Waals surface area contributed by atoms with Crippen molar-refractivity contribution < 1.29 is 14.0 Å². The number of halogens is 2. The number of carbonyl (C=O) groups excluding carboxylic acids is 2. The Kier molecular flexibility index (Phi) is 8.73. The van der Waals surface area contributed by atoms with Crippen LogP contribution in [-0.2, 0) is 9.59 Å². The first-order valence-electron chi connectivity index (χ1n) is 11.1. The van der Waals surface area contributed by atoms with Crippen LogP contribution in [0.5, 0.6) is 0 Å². The Morgan fingerprint density at radius 1 is 1.29 bits per heavy atom. The fourth-order valence-corrected chi connectivity index (χ4v) is 3.83. The number of aromatic amines is 1. The molecule has 2 aromatic carbocycles. The molecular weight excluding hydrogens is 473 g/mol. The summed E-state index contributed by atoms with van der Waals surface area (Å²) in [5, 5.41) is 6.33. The largest absolute Gasteiger partial charge is 0.347 e. The van der Waals surface area contributed by atoms with Crippen molar-refractivity contribution in [3.05, 3.63) is 69.4 Å². The minimum atomic E-state index is -0.592. The van der Waals surface area contributed by atoms with Crippen molar-refractivity contribution in [2.75, 3.05) is 31.3 Å². The van der Waals surface area contributed by atoms with Crippen LogP contribution >= 0.6 is 11.6 Å². The van der Waals surface area contributed by atoms with Crippen LogP contribution < -0.4 is 16.3 Å². The predicted octanol–water partition coefficient (Wildman–Crippen LogP) is 4.60. The quantitative estimate of drug-likeness (QED) is 0.278. The summed E-state index contributed by atoms with van der Waals surface area (Å²) < 4.78 is 13.6. The third kappa shape index (κ3) is 6.74. The van der Waals surface area contributed by atoms with E-state index in [-0.39, 0.29) is 29.1 Å². The van der Waals surface area contributed by atoms with Gasteiger partial charge in [0.15, 0.2) is 0 Å². The van der Waals surface area contributed by atoms with Gasteiger partial charge in [-0.2, -0.15) is 4.98 Å². The molecule has 8 nitrogen and oxygen atoms in total. The molecule has 0 radical (unpaired) electrons. The summed E-state index contributed by atoms with van der Waals surface area (Å²) >= 11 is 5.89. The molecule has 1 atom stereocenters. The van der Waals surface area contributed by atoms with Gasteiger partial charge in [-0.25, -0.2) is 9.18 Å². The number of rotatable bonds is 10. The minimum absolute atomic E-state index is 0.0800. The topological polar surface area (TPSA) is 107 Å². The first-order chi connectivity index (χ1) is 16.7. The van der Waals surface area contributed by atoms with E-state index in [1.54, 1.807) is 18.2 Å². The van der Waals surface area contributed by atoms with E-state index in [9.17, 15) is 18.8 Å². The zero-order chi connectivity index (χ0) is 25.5. The van der Waals surface area contributed by atoms with Gasteiger partial charge in [0.25, 0.3) is 0 Å². The number of anilines is 3. The number of H-pyrrole nitrogens is 1. The van der Waals surface area contributed by atoms with Crippen LogP contribution in [0.15, 0.2) is 47.3 Å². The van der Waals surface area contributed by atoms with Crippen LogP contribution in [0.4, 0.5) is 21.6 Å². The molecule has 184 valence electrons. The Hall–Kier alpha value is -3.56. The van der Waals surface area contributed by atoms with E-state index in [4.69, 9.17) is 11.6 Å². The molecule has 0 bridgehead atoms. The Morgan fingerprint density at radius 3 is 2.71 bits per heavy atom. The molecule has 3 N–H and O–H groups in total. The normalized spacial score (nSPS) is 12.3. The highest BCUT2D eigenvalue weighted by atomic mass is 35.5. The van der Waals surface area contributed by atoms with E-state index in [0.29, 0.717) is 35.2 Å². The third-order valence-corrected chi connectivity index (χ3v) is 5.68. The van der Waals surface area contributed by atoms with Crippen LogP contribution in [0.25, 0.3) is 10.9 Å². The molecule has 1 amide bonds. The SMILES string of the molecule is CC[C@@H](CC=O)c1cc2[nH]c(=O)nc(Nc3ccc(F)c(Cl)c3)c2cc1NC(=O)/C=C/CN(C)C. The lowest BCUT2D eigenvalue weighted by Gasteiger charge is -2.19. The van der Waals surface area contributed by atoms with E-state index in [1.807, 2.05) is 25.9 Å². The third-order valence-electron chi connectivity index (χ3n) is 5.39. The summed E-state index contributed by atoms with van der Waals surface area (Å²) in [6, 6.07) is 7.51. The number of nitrogens with zero attached hydrogens (tertiary/aromatic N) is 2. The zero-order valence-electron chi connectivity index (χ0n) is 19.7. The number of aldehydes is 1. The lowest BCUT2D eigenvalue weighted by Crippen LogP contribution is -2.16. The molecular formula is C25H27ClFN5O3. The first kappa shape index (κ1) is 26.1. The van der Waals surface area contributed by atoms with Crippen LogP contribution in [0.2, 0.25) is 5.02 Å². The van der Waals surface area contributed by atoms with Crippen LogP contribution in [0, 0.1) is 5.82 Å². The minimum Gasteiger partial charge on any atom is -0.339 e. The Labute approximate surface area is 207 Å². The van der Waals surface area contributed by atoms with E-state index in [0.717, 1.165) is 11.8 Å². The first-order valence-corrected chi connectivity index (χ1v) is 11.5. The molecule has 0 aliphatic carbocycles. The smallest absolute Gasteiger partial charge is 0.339 e. The highest BCUT2D eigenvalue weighted by molar-refractivity contribution is 6.31. The maximum atomic E-state index is 13.6. The maximum Gasteiger partial charge on any atom is 0.347 e. The number of hydrogen-bond acceptors (Lipinski definition) is 6. The summed E-state index contributed by atoms with van der Waals surface area (Å²) in [6.07, 6.45) is 4.93. The lowest BCUT2D eigenvalue weighted by atomic mass is 9.91. The van der Waals surface area contributed by atoms with Crippen molar-refractivity contribution in [1.29, 1.82) is 0 Å². The van der Waals surface area contributed by atoms with E-state index < -0.39 is 11.5 Å². The van der Waals surface area contributed by atoms with Gasteiger partial charge in [0.1, 0.15) is 17.9 Å². The second-order valence-corrected chi connectivity index (χ2v) is 8.70. The van der Waals surface area contributed by atoms with Gasteiger partial charge in [-0.3, -0.25) is 4.79 Å². The van der Waals surface area contributed by atoms with Gasteiger partial charge >= 0.3 is 5.69 Å². The van der Waals surface area contributed by atoms with Crippen molar-refractivity contribution >= 4 is 51.9 Å². The van der Waals surface area contributed by atoms with Gasteiger partial charge in [-0.1, -0.05) is 24.6 Å². The van der Waals surface area contributed by atoms with Crippen LogP contribution in [0.1, 0.15) is 31.2 Å².